The van der Waals surface area contributed by atoms with Crippen molar-refractivity contribution < 1.29 is 17.9 Å². The molecule has 0 spiro atoms. The van der Waals surface area contributed by atoms with Crippen LogP contribution in [-0.2, 0) is 14.8 Å². The zero-order valence-electron chi connectivity index (χ0n) is 15.1. The molecule has 10 heteroatoms. The Bertz CT molecular complexity index is 965. The number of carbonyl (C=O) groups is 1. The lowest BCUT2D eigenvalue weighted by molar-refractivity contribution is 0.0920. The first-order valence-electron chi connectivity index (χ1n) is 8.44. The van der Waals surface area contributed by atoms with E-state index in [4.69, 9.17) is 4.74 Å². The summed E-state index contributed by atoms with van der Waals surface area (Å²) in [7, 11) is -0.477. The fourth-order valence-corrected chi connectivity index (χ4v) is 4.04. The lowest BCUT2D eigenvalue weighted by Crippen LogP contribution is -2.43. The predicted octanol–water partition coefficient (Wildman–Crippen LogP) is -0.198. The largest absolute Gasteiger partial charge is 0.379 e. The van der Waals surface area contributed by atoms with E-state index in [0.29, 0.717) is 5.69 Å². The second kappa shape index (κ2) is 7.67. The predicted molar refractivity (Wildman–Crippen MR) is 99.4 cm³/mol. The third kappa shape index (κ3) is 4.29. The number of sulfonamides is 1. The van der Waals surface area contributed by atoms with Crippen LogP contribution in [-0.4, -0.2) is 67.5 Å². The van der Waals surface area contributed by atoms with E-state index in [-0.39, 0.29) is 36.1 Å². The van der Waals surface area contributed by atoms with Gasteiger partial charge < -0.3 is 10.1 Å². The summed E-state index contributed by atoms with van der Waals surface area (Å²) in [4.78, 5) is 24.7. The summed E-state index contributed by atoms with van der Waals surface area (Å²) < 4.78 is 32.0. The maximum Gasteiger partial charge on any atom is 0.271 e. The summed E-state index contributed by atoms with van der Waals surface area (Å²) in [5.74, 6) is -0.958. The molecule has 2 N–H and O–H groups in total. The van der Waals surface area contributed by atoms with Crippen LogP contribution < -0.4 is 10.9 Å². The zero-order chi connectivity index (χ0) is 19.6. The quantitative estimate of drug-likeness (QED) is 0.705. The molecular weight excluding hydrogens is 372 g/mol. The summed E-state index contributed by atoms with van der Waals surface area (Å²) in [6.07, 6.45) is 0. The van der Waals surface area contributed by atoms with Crippen LogP contribution in [0.15, 0.2) is 41.2 Å². The van der Waals surface area contributed by atoms with Crippen molar-refractivity contribution in [2.75, 3.05) is 33.1 Å². The Morgan fingerprint density at radius 1 is 1.30 bits per heavy atom. The Morgan fingerprint density at radius 2 is 2.00 bits per heavy atom. The molecule has 1 aliphatic heterocycles. The van der Waals surface area contributed by atoms with Crippen molar-refractivity contribution >= 4 is 15.9 Å². The van der Waals surface area contributed by atoms with Gasteiger partial charge in [-0.25, -0.2) is 17.4 Å². The van der Waals surface area contributed by atoms with Gasteiger partial charge in [0.05, 0.1) is 30.7 Å². The van der Waals surface area contributed by atoms with Crippen molar-refractivity contribution in [3.63, 3.8) is 0 Å². The van der Waals surface area contributed by atoms with Gasteiger partial charge in [0.1, 0.15) is 5.69 Å². The number of nitrogens with zero attached hydrogens (tertiary/aromatic N) is 2. The minimum Gasteiger partial charge on any atom is -0.379 e. The Hall–Kier alpha value is -2.43. The van der Waals surface area contributed by atoms with E-state index in [1.807, 2.05) is 6.07 Å². The van der Waals surface area contributed by atoms with Gasteiger partial charge in [-0.05, 0) is 12.1 Å². The van der Waals surface area contributed by atoms with Crippen molar-refractivity contribution in [1.82, 2.24) is 19.4 Å². The van der Waals surface area contributed by atoms with E-state index < -0.39 is 22.0 Å². The number of benzene rings is 1. The summed E-state index contributed by atoms with van der Waals surface area (Å²) >= 11 is 0. The molecular formula is C17H22N4O5S. The zero-order valence-corrected chi connectivity index (χ0v) is 15.9. The molecule has 3 rings (SSSR count). The number of hydrogen-bond acceptors (Lipinski definition) is 5. The fraction of sp³-hybridized carbons (Fsp3) is 0.412. The SMILES string of the molecule is CN(C)S(=O)(=O)C[C@@H]1COC[C@@H]1NC(=O)c1cc(=O)n(-c2ccccc2)[nH]1. The molecule has 0 aliphatic carbocycles. The maximum atomic E-state index is 12.5. The summed E-state index contributed by atoms with van der Waals surface area (Å²) in [6.45, 7) is 0.475. The first kappa shape index (κ1) is 19.3. The van der Waals surface area contributed by atoms with Gasteiger partial charge in [-0.2, -0.15) is 0 Å². The molecule has 2 heterocycles. The number of H-pyrrole nitrogens is 1. The minimum absolute atomic E-state index is 0.102. The van der Waals surface area contributed by atoms with Crippen LogP contribution in [0.1, 0.15) is 10.5 Å². The maximum absolute atomic E-state index is 12.5. The average Bonchev–Trinajstić information content (AvgIpc) is 3.22. The molecule has 2 atom stereocenters. The van der Waals surface area contributed by atoms with Gasteiger partial charge in [0.15, 0.2) is 0 Å². The monoisotopic (exact) mass is 394 g/mol. The van der Waals surface area contributed by atoms with Crippen molar-refractivity contribution in [2.24, 2.45) is 5.92 Å². The lowest BCUT2D eigenvalue weighted by atomic mass is 10.1. The highest BCUT2D eigenvalue weighted by atomic mass is 32.2. The molecule has 9 nitrogen and oxygen atoms in total. The van der Waals surface area contributed by atoms with E-state index >= 15 is 0 Å². The van der Waals surface area contributed by atoms with Crippen LogP contribution in [0.2, 0.25) is 0 Å². The number of amides is 1. The molecule has 1 aliphatic rings. The van der Waals surface area contributed by atoms with Gasteiger partial charge >= 0.3 is 0 Å². The van der Waals surface area contributed by atoms with Crippen molar-refractivity contribution in [3.05, 3.63) is 52.4 Å². The number of ether oxygens (including phenoxy) is 1. The average molecular weight is 394 g/mol. The van der Waals surface area contributed by atoms with E-state index in [0.717, 1.165) is 4.31 Å². The molecule has 1 aromatic carbocycles. The van der Waals surface area contributed by atoms with Crippen molar-refractivity contribution in [2.45, 2.75) is 6.04 Å². The van der Waals surface area contributed by atoms with Crippen LogP contribution >= 0.6 is 0 Å². The van der Waals surface area contributed by atoms with Gasteiger partial charge in [0.25, 0.3) is 11.5 Å². The molecule has 0 bridgehead atoms. The molecule has 27 heavy (non-hydrogen) atoms. The second-order valence-corrected chi connectivity index (χ2v) is 8.84. The summed E-state index contributed by atoms with van der Waals surface area (Å²) in [5, 5.41) is 5.55. The molecule has 1 saturated heterocycles. The number of nitrogens with one attached hydrogen (secondary N) is 2. The van der Waals surface area contributed by atoms with Crippen LogP contribution in [0.3, 0.4) is 0 Å². The lowest BCUT2D eigenvalue weighted by Gasteiger charge is -2.20. The number of aromatic nitrogens is 2. The topological polar surface area (TPSA) is 114 Å². The van der Waals surface area contributed by atoms with Crippen LogP contribution in [0.4, 0.5) is 0 Å². The Labute approximate surface area is 157 Å². The van der Waals surface area contributed by atoms with E-state index in [9.17, 15) is 18.0 Å². The number of aromatic amines is 1. The van der Waals surface area contributed by atoms with Crippen molar-refractivity contribution in [3.8, 4) is 5.69 Å². The molecule has 2 aromatic rings. The molecule has 0 radical (unpaired) electrons. The highest BCUT2D eigenvalue weighted by molar-refractivity contribution is 7.89. The summed E-state index contributed by atoms with van der Waals surface area (Å²) in [6, 6.07) is 9.65. The number of carbonyl (C=O) groups excluding carboxylic acids is 1. The number of rotatable bonds is 6. The molecule has 1 aromatic heterocycles. The smallest absolute Gasteiger partial charge is 0.271 e. The van der Waals surface area contributed by atoms with Crippen LogP contribution in [0, 0.1) is 5.92 Å². The molecule has 0 unspecified atom stereocenters. The highest BCUT2D eigenvalue weighted by Crippen LogP contribution is 2.17. The Balaban J connectivity index is 1.73. The van der Waals surface area contributed by atoms with Crippen molar-refractivity contribution in [1.29, 1.82) is 0 Å². The molecule has 0 saturated carbocycles. The van der Waals surface area contributed by atoms with E-state index in [1.165, 1.54) is 24.8 Å². The van der Waals surface area contributed by atoms with E-state index in [2.05, 4.69) is 10.4 Å². The first-order valence-corrected chi connectivity index (χ1v) is 10.0. The standard InChI is InChI=1S/C17H22N4O5S/c1-20(2)27(24,25)11-12-9-26-10-15(12)18-17(23)14-8-16(22)21(19-14)13-6-4-3-5-7-13/h3-8,12,15,19H,9-11H2,1-2H3,(H,18,23)/t12-,15-/m0/s1. The Morgan fingerprint density at radius 3 is 2.67 bits per heavy atom. The van der Waals surface area contributed by atoms with E-state index in [1.54, 1.807) is 24.3 Å². The third-order valence-electron chi connectivity index (χ3n) is 4.48. The highest BCUT2D eigenvalue weighted by Gasteiger charge is 2.34. The number of para-hydroxylation sites is 1. The fourth-order valence-electron chi connectivity index (χ4n) is 2.87. The van der Waals surface area contributed by atoms with Gasteiger partial charge in [-0.3, -0.25) is 14.7 Å². The molecule has 146 valence electrons. The second-order valence-electron chi connectivity index (χ2n) is 6.62. The van der Waals surface area contributed by atoms with Gasteiger partial charge in [0.2, 0.25) is 10.0 Å². The number of hydrogen-bond donors (Lipinski definition) is 2. The molecule has 1 fully saturated rings. The van der Waals surface area contributed by atoms with Crippen LogP contribution in [0.25, 0.3) is 5.69 Å². The normalized spacial score (nSPS) is 20.1. The molecule has 1 amide bonds. The summed E-state index contributed by atoms with van der Waals surface area (Å²) in [5.41, 5.74) is 0.353. The third-order valence-corrected chi connectivity index (χ3v) is 6.44. The van der Waals surface area contributed by atoms with Gasteiger partial charge in [-0.15, -0.1) is 0 Å². The Kier molecular flexibility index (Phi) is 5.49. The minimum atomic E-state index is -3.41. The first-order chi connectivity index (χ1) is 12.8. The van der Waals surface area contributed by atoms with Gasteiger partial charge in [0, 0.05) is 26.1 Å². The van der Waals surface area contributed by atoms with Gasteiger partial charge in [-0.1, -0.05) is 18.2 Å². The van der Waals surface area contributed by atoms with Crippen LogP contribution in [0.5, 0.6) is 0 Å².